The van der Waals surface area contributed by atoms with Crippen LogP contribution in [0.25, 0.3) is 0 Å². The van der Waals surface area contributed by atoms with Gasteiger partial charge in [-0.3, -0.25) is 20.4 Å². The molecule has 160 valence electrons. The molecular weight excluding hydrogens is 453 g/mol. The number of benzene rings is 2. The van der Waals surface area contributed by atoms with Crippen LogP contribution in [0.15, 0.2) is 41.3 Å². The number of halogens is 2. The molecule has 11 heteroatoms. The molecule has 3 rings (SSSR count). The van der Waals surface area contributed by atoms with Crippen molar-refractivity contribution < 1.29 is 22.7 Å². The molecule has 0 heterocycles. The molecule has 2 amide bonds. The number of amides is 2. The van der Waals surface area contributed by atoms with E-state index in [1.165, 1.54) is 18.2 Å². The minimum absolute atomic E-state index is 0.0572. The van der Waals surface area contributed by atoms with E-state index >= 15 is 0 Å². The van der Waals surface area contributed by atoms with E-state index < -0.39 is 21.8 Å². The van der Waals surface area contributed by atoms with Crippen LogP contribution in [-0.4, -0.2) is 32.9 Å². The molecule has 0 aromatic heterocycles. The van der Waals surface area contributed by atoms with Crippen molar-refractivity contribution >= 4 is 45.0 Å². The summed E-state index contributed by atoms with van der Waals surface area (Å²) >= 11 is 12.1. The number of carbonyl (C=O) groups is 2. The Morgan fingerprint density at radius 1 is 1.03 bits per heavy atom. The molecule has 0 bridgehead atoms. The zero-order valence-corrected chi connectivity index (χ0v) is 18.2. The number of sulfonamides is 1. The van der Waals surface area contributed by atoms with Crippen molar-refractivity contribution in [1.82, 2.24) is 15.6 Å². The normalized spacial score (nSPS) is 13.6. The minimum atomic E-state index is -3.90. The molecule has 0 aliphatic heterocycles. The van der Waals surface area contributed by atoms with Crippen molar-refractivity contribution in [2.24, 2.45) is 0 Å². The van der Waals surface area contributed by atoms with Gasteiger partial charge in [0.2, 0.25) is 10.0 Å². The molecule has 0 unspecified atom stereocenters. The van der Waals surface area contributed by atoms with Crippen LogP contribution in [0.2, 0.25) is 10.0 Å². The third-order valence-corrected chi connectivity index (χ3v) is 6.47. The summed E-state index contributed by atoms with van der Waals surface area (Å²) in [6.45, 7) is 2.34. The molecular formula is C19H19Cl2N3O5S. The lowest BCUT2D eigenvalue weighted by atomic mass is 10.2. The van der Waals surface area contributed by atoms with E-state index in [9.17, 15) is 18.0 Å². The van der Waals surface area contributed by atoms with Crippen LogP contribution >= 0.6 is 23.2 Å². The summed E-state index contributed by atoms with van der Waals surface area (Å²) < 4.78 is 32.7. The third kappa shape index (κ3) is 5.42. The summed E-state index contributed by atoms with van der Waals surface area (Å²) in [5.74, 6) is -0.752. The number of hydrogen-bond acceptors (Lipinski definition) is 5. The molecule has 2 aromatic rings. The number of hydrogen-bond donors (Lipinski definition) is 3. The molecule has 8 nitrogen and oxygen atoms in total. The second-order valence-electron chi connectivity index (χ2n) is 6.52. The predicted molar refractivity (Wildman–Crippen MR) is 112 cm³/mol. The maximum Gasteiger partial charge on any atom is 0.271 e. The molecule has 0 atom stereocenters. The van der Waals surface area contributed by atoms with Crippen LogP contribution in [-0.2, 0) is 10.0 Å². The molecule has 1 aliphatic carbocycles. The Bertz CT molecular complexity index is 1070. The fourth-order valence-corrected chi connectivity index (χ4v) is 4.68. The SMILES string of the molecule is CCOc1ccc(C(=O)NNC(=O)c2cc(S(=O)(=O)NC3CC3)c(Cl)cc2Cl)cc1. The monoisotopic (exact) mass is 471 g/mol. The highest BCUT2D eigenvalue weighted by Gasteiger charge is 2.30. The van der Waals surface area contributed by atoms with Crippen molar-refractivity contribution in [3.8, 4) is 5.75 Å². The predicted octanol–water partition coefficient (Wildman–Crippen LogP) is 2.91. The van der Waals surface area contributed by atoms with E-state index in [0.717, 1.165) is 18.9 Å². The van der Waals surface area contributed by atoms with Gasteiger partial charge in [-0.05, 0) is 56.2 Å². The van der Waals surface area contributed by atoms with E-state index in [1.54, 1.807) is 12.1 Å². The first-order valence-electron chi connectivity index (χ1n) is 9.06. The first-order chi connectivity index (χ1) is 14.2. The van der Waals surface area contributed by atoms with E-state index in [1.807, 2.05) is 6.92 Å². The number of ether oxygens (including phenoxy) is 1. The maximum atomic E-state index is 12.5. The summed E-state index contributed by atoms with van der Waals surface area (Å²) in [5.41, 5.74) is 4.61. The average Bonchev–Trinajstić information content (AvgIpc) is 3.49. The first kappa shape index (κ1) is 22.4. The Hall–Kier alpha value is -2.33. The Kier molecular flexibility index (Phi) is 6.87. The zero-order chi connectivity index (χ0) is 21.9. The fourth-order valence-electron chi connectivity index (χ4n) is 2.52. The number of carbonyl (C=O) groups excluding carboxylic acids is 2. The zero-order valence-electron chi connectivity index (χ0n) is 15.9. The Morgan fingerprint density at radius 3 is 2.27 bits per heavy atom. The van der Waals surface area contributed by atoms with Gasteiger partial charge in [0.1, 0.15) is 10.6 Å². The van der Waals surface area contributed by atoms with Gasteiger partial charge >= 0.3 is 0 Å². The topological polar surface area (TPSA) is 114 Å². The van der Waals surface area contributed by atoms with Crippen molar-refractivity contribution in [3.05, 3.63) is 57.6 Å². The van der Waals surface area contributed by atoms with Crippen molar-refractivity contribution in [2.45, 2.75) is 30.7 Å². The van der Waals surface area contributed by atoms with Gasteiger partial charge < -0.3 is 4.74 Å². The van der Waals surface area contributed by atoms with Gasteiger partial charge in [-0.15, -0.1) is 0 Å². The van der Waals surface area contributed by atoms with Gasteiger partial charge in [0.25, 0.3) is 11.8 Å². The van der Waals surface area contributed by atoms with Gasteiger partial charge in [-0.25, -0.2) is 13.1 Å². The summed E-state index contributed by atoms with van der Waals surface area (Å²) in [6, 6.07) is 8.45. The largest absolute Gasteiger partial charge is 0.494 e. The van der Waals surface area contributed by atoms with Crippen LogP contribution in [0.1, 0.15) is 40.5 Å². The molecule has 0 spiro atoms. The van der Waals surface area contributed by atoms with Gasteiger partial charge in [0.05, 0.1) is 22.2 Å². The summed E-state index contributed by atoms with van der Waals surface area (Å²) in [5, 5.41) is -0.165. The van der Waals surface area contributed by atoms with Crippen LogP contribution in [0.5, 0.6) is 5.75 Å². The van der Waals surface area contributed by atoms with Gasteiger partial charge in [0, 0.05) is 11.6 Å². The molecule has 1 saturated carbocycles. The summed E-state index contributed by atoms with van der Waals surface area (Å²) in [4.78, 5) is 24.4. The summed E-state index contributed by atoms with van der Waals surface area (Å²) in [7, 11) is -3.90. The Balaban J connectivity index is 1.71. The van der Waals surface area contributed by atoms with Crippen molar-refractivity contribution in [1.29, 1.82) is 0 Å². The first-order valence-corrected chi connectivity index (χ1v) is 11.3. The van der Waals surface area contributed by atoms with E-state index in [-0.39, 0.29) is 32.1 Å². The Labute approximate surface area is 183 Å². The smallest absolute Gasteiger partial charge is 0.271 e. The van der Waals surface area contributed by atoms with Crippen LogP contribution < -0.4 is 20.3 Å². The molecule has 0 radical (unpaired) electrons. The number of nitrogens with one attached hydrogen (secondary N) is 3. The van der Waals surface area contributed by atoms with Crippen LogP contribution in [0.3, 0.4) is 0 Å². The summed E-state index contributed by atoms with van der Waals surface area (Å²) in [6.07, 6.45) is 1.49. The average molecular weight is 472 g/mol. The molecule has 2 aromatic carbocycles. The van der Waals surface area contributed by atoms with Crippen LogP contribution in [0.4, 0.5) is 0 Å². The quantitative estimate of drug-likeness (QED) is 0.537. The minimum Gasteiger partial charge on any atom is -0.494 e. The standard InChI is InChI=1S/C19H19Cl2N3O5S/c1-2-29-13-7-3-11(4-8-13)18(25)22-23-19(26)14-9-17(16(21)10-15(14)20)30(27,28)24-12-5-6-12/h3-4,7-10,12,24H,2,5-6H2,1H3,(H,22,25)(H,23,26). The number of hydrazine groups is 1. The van der Waals surface area contributed by atoms with E-state index in [2.05, 4.69) is 15.6 Å². The van der Waals surface area contributed by atoms with Gasteiger partial charge in [-0.2, -0.15) is 0 Å². The second kappa shape index (κ2) is 9.22. The van der Waals surface area contributed by atoms with E-state index in [4.69, 9.17) is 27.9 Å². The highest BCUT2D eigenvalue weighted by molar-refractivity contribution is 7.89. The van der Waals surface area contributed by atoms with Crippen molar-refractivity contribution in [3.63, 3.8) is 0 Å². The Morgan fingerprint density at radius 2 is 1.67 bits per heavy atom. The lowest BCUT2D eigenvalue weighted by molar-refractivity contribution is 0.0846. The molecule has 3 N–H and O–H groups in total. The number of rotatable bonds is 7. The molecule has 1 fully saturated rings. The fraction of sp³-hybridized carbons (Fsp3) is 0.263. The molecule has 1 aliphatic rings. The van der Waals surface area contributed by atoms with Gasteiger partial charge in [0.15, 0.2) is 0 Å². The lowest BCUT2D eigenvalue weighted by Gasteiger charge is -2.12. The van der Waals surface area contributed by atoms with E-state index in [0.29, 0.717) is 12.4 Å². The third-order valence-electron chi connectivity index (χ3n) is 4.17. The highest BCUT2D eigenvalue weighted by Crippen LogP contribution is 2.30. The van der Waals surface area contributed by atoms with Gasteiger partial charge in [-0.1, -0.05) is 23.2 Å². The van der Waals surface area contributed by atoms with Crippen LogP contribution in [0, 0.1) is 0 Å². The molecule has 0 saturated heterocycles. The highest BCUT2D eigenvalue weighted by atomic mass is 35.5. The second-order valence-corrected chi connectivity index (χ2v) is 9.02. The molecule has 30 heavy (non-hydrogen) atoms. The lowest BCUT2D eigenvalue weighted by Crippen LogP contribution is -2.41. The maximum absolute atomic E-state index is 12.5. The van der Waals surface area contributed by atoms with Crippen molar-refractivity contribution in [2.75, 3.05) is 6.61 Å².